The van der Waals surface area contributed by atoms with Crippen LogP contribution in [0.3, 0.4) is 0 Å². The normalized spacial score (nSPS) is 14.3. The molecule has 1 aromatic heterocycles. The number of pyridine rings is 1. The number of anilines is 1. The van der Waals surface area contributed by atoms with Gasteiger partial charge in [0.2, 0.25) is 0 Å². The minimum Gasteiger partial charge on any atom is -0.497 e. The molecule has 0 radical (unpaired) electrons. The van der Waals surface area contributed by atoms with E-state index in [1.807, 2.05) is 24.3 Å². The second-order valence-corrected chi connectivity index (χ2v) is 10.2. The van der Waals surface area contributed by atoms with Gasteiger partial charge in [-0.3, -0.25) is 9.36 Å². The summed E-state index contributed by atoms with van der Waals surface area (Å²) in [7, 11) is 2.95. The topological polar surface area (TPSA) is 52.5 Å². The van der Waals surface area contributed by atoms with Crippen LogP contribution in [-0.4, -0.2) is 31.1 Å². The maximum Gasteiger partial charge on any atom is 0.260 e. The number of methoxy groups -OCH3 is 2. The number of halogens is 3. The zero-order chi connectivity index (χ0) is 27.7. The highest BCUT2D eigenvalue weighted by Crippen LogP contribution is 2.41. The van der Waals surface area contributed by atoms with Crippen LogP contribution in [0.15, 0.2) is 70.5 Å². The molecule has 4 aromatic rings. The molecular weight excluding hydrogens is 525 g/mol. The maximum absolute atomic E-state index is 15.5. The Bertz CT molecular complexity index is 1570. The second kappa shape index (κ2) is 11.1. The van der Waals surface area contributed by atoms with E-state index in [2.05, 4.69) is 5.32 Å². The van der Waals surface area contributed by atoms with Crippen LogP contribution in [0.25, 0.3) is 11.1 Å². The fraction of sp³-hybridized carbons (Fsp3) is 0.233. The van der Waals surface area contributed by atoms with Crippen LogP contribution in [0.2, 0.25) is 0 Å². The Labute approximate surface area is 228 Å². The summed E-state index contributed by atoms with van der Waals surface area (Å²) in [6, 6.07) is 15.5. The number of fused-ring (bicyclic) bond motifs is 1. The van der Waals surface area contributed by atoms with E-state index >= 15 is 4.39 Å². The summed E-state index contributed by atoms with van der Waals surface area (Å²) in [5.74, 6) is -0.713. The van der Waals surface area contributed by atoms with E-state index in [1.165, 1.54) is 49.2 Å². The predicted molar refractivity (Wildman–Crippen MR) is 148 cm³/mol. The van der Waals surface area contributed by atoms with E-state index < -0.39 is 17.5 Å². The quantitative estimate of drug-likeness (QED) is 0.267. The van der Waals surface area contributed by atoms with Crippen LogP contribution in [0.1, 0.15) is 22.7 Å². The van der Waals surface area contributed by atoms with Crippen molar-refractivity contribution in [2.45, 2.75) is 24.4 Å². The minimum atomic E-state index is -0.672. The summed E-state index contributed by atoms with van der Waals surface area (Å²) in [6.45, 7) is 2.12. The first-order chi connectivity index (χ1) is 18.8. The lowest BCUT2D eigenvalue weighted by atomic mass is 9.94. The first-order valence-electron chi connectivity index (χ1n) is 12.4. The van der Waals surface area contributed by atoms with E-state index in [1.54, 1.807) is 24.7 Å². The van der Waals surface area contributed by atoms with Crippen molar-refractivity contribution in [2.75, 3.05) is 31.8 Å². The molecule has 3 aromatic carbocycles. The number of benzene rings is 3. The third-order valence-corrected chi connectivity index (χ3v) is 8.28. The van der Waals surface area contributed by atoms with Crippen LogP contribution in [0.4, 0.5) is 18.9 Å². The summed E-state index contributed by atoms with van der Waals surface area (Å²) < 4.78 is 56.9. The molecule has 0 amide bonds. The first kappa shape index (κ1) is 26.7. The van der Waals surface area contributed by atoms with Crippen molar-refractivity contribution in [3.05, 3.63) is 105 Å². The van der Waals surface area contributed by atoms with Gasteiger partial charge in [-0.25, -0.2) is 13.2 Å². The zero-order valence-corrected chi connectivity index (χ0v) is 22.5. The molecule has 0 aliphatic carbocycles. The standard InChI is InChI=1S/C30H27F3N2O3S/c1-17-22(14-23-24(31)7-5-8-25(23)32)30-35(29(36)27(17)21-6-4-9-26(38-3)28(21)33)19(16-39-30)15-34-18-10-12-20(37-2)13-11-18/h4-13,19,34H,14-16H2,1-3H3. The average molecular weight is 553 g/mol. The van der Waals surface area contributed by atoms with E-state index in [0.717, 1.165) is 11.4 Å². The molecule has 2 heterocycles. The van der Waals surface area contributed by atoms with Gasteiger partial charge in [0.15, 0.2) is 11.6 Å². The largest absolute Gasteiger partial charge is 0.497 e. The Morgan fingerprint density at radius 1 is 0.949 bits per heavy atom. The molecular formula is C30H27F3N2O3S. The van der Waals surface area contributed by atoms with Crippen molar-refractivity contribution in [3.63, 3.8) is 0 Å². The molecule has 1 unspecified atom stereocenters. The molecule has 202 valence electrons. The Kier molecular flexibility index (Phi) is 7.61. The highest BCUT2D eigenvalue weighted by Gasteiger charge is 2.32. The lowest BCUT2D eigenvalue weighted by molar-refractivity contribution is 0.387. The van der Waals surface area contributed by atoms with Crippen molar-refractivity contribution in [1.82, 2.24) is 4.57 Å². The molecule has 39 heavy (non-hydrogen) atoms. The molecule has 1 N–H and O–H groups in total. The van der Waals surface area contributed by atoms with Crippen molar-refractivity contribution in [3.8, 4) is 22.6 Å². The number of hydrogen-bond donors (Lipinski definition) is 1. The molecule has 1 aliphatic heterocycles. The number of thioether (sulfide) groups is 1. The molecule has 0 spiro atoms. The van der Waals surface area contributed by atoms with Crippen molar-refractivity contribution in [1.29, 1.82) is 0 Å². The second-order valence-electron chi connectivity index (χ2n) is 9.23. The lowest BCUT2D eigenvalue weighted by Crippen LogP contribution is -2.31. The Balaban J connectivity index is 1.64. The van der Waals surface area contributed by atoms with Gasteiger partial charge < -0.3 is 14.8 Å². The van der Waals surface area contributed by atoms with Gasteiger partial charge in [0.05, 0.1) is 30.9 Å². The van der Waals surface area contributed by atoms with Crippen LogP contribution in [0.5, 0.6) is 11.5 Å². The van der Waals surface area contributed by atoms with Gasteiger partial charge in [-0.2, -0.15) is 0 Å². The van der Waals surface area contributed by atoms with Gasteiger partial charge in [-0.05, 0) is 60.5 Å². The molecule has 1 atom stereocenters. The SMILES string of the molecule is COc1ccc(NCC2CSc3c(Cc4c(F)cccc4F)c(C)c(-c4cccc(OC)c4F)c(=O)n32)cc1. The lowest BCUT2D eigenvalue weighted by Gasteiger charge is -2.21. The molecule has 0 saturated heterocycles. The predicted octanol–water partition coefficient (Wildman–Crippen LogP) is 6.61. The summed E-state index contributed by atoms with van der Waals surface area (Å²) in [5.41, 5.74) is 1.70. The third-order valence-electron chi connectivity index (χ3n) is 7.01. The summed E-state index contributed by atoms with van der Waals surface area (Å²) in [4.78, 5) is 14.0. The van der Waals surface area contributed by atoms with Crippen LogP contribution in [0, 0.1) is 24.4 Å². The first-order valence-corrected chi connectivity index (χ1v) is 13.4. The highest BCUT2D eigenvalue weighted by atomic mass is 32.2. The van der Waals surface area contributed by atoms with Crippen molar-refractivity contribution in [2.24, 2.45) is 0 Å². The fourth-order valence-electron chi connectivity index (χ4n) is 4.93. The van der Waals surface area contributed by atoms with Crippen molar-refractivity contribution < 1.29 is 22.6 Å². The maximum atomic E-state index is 15.5. The Morgan fingerprint density at radius 2 is 1.64 bits per heavy atom. The van der Waals surface area contributed by atoms with Gasteiger partial charge in [-0.15, -0.1) is 11.8 Å². The number of ether oxygens (including phenoxy) is 2. The zero-order valence-electron chi connectivity index (χ0n) is 21.7. The third kappa shape index (κ3) is 4.98. The number of nitrogens with one attached hydrogen (secondary N) is 1. The molecule has 0 fully saturated rings. The van der Waals surface area contributed by atoms with Gasteiger partial charge in [0, 0.05) is 35.5 Å². The van der Waals surface area contributed by atoms with Gasteiger partial charge in [0.1, 0.15) is 17.4 Å². The van der Waals surface area contributed by atoms with E-state index in [9.17, 15) is 13.6 Å². The highest BCUT2D eigenvalue weighted by molar-refractivity contribution is 7.99. The molecule has 5 nitrogen and oxygen atoms in total. The van der Waals surface area contributed by atoms with Gasteiger partial charge in [-0.1, -0.05) is 18.2 Å². The summed E-state index contributed by atoms with van der Waals surface area (Å²) in [5, 5.41) is 3.99. The molecule has 0 bridgehead atoms. The molecule has 1 aliphatic rings. The molecule has 9 heteroatoms. The number of nitrogens with zero attached hydrogens (tertiary/aromatic N) is 1. The Hall–Kier alpha value is -3.85. The molecule has 0 saturated carbocycles. The summed E-state index contributed by atoms with van der Waals surface area (Å²) >= 11 is 1.46. The van der Waals surface area contributed by atoms with Crippen molar-refractivity contribution >= 4 is 17.4 Å². The monoisotopic (exact) mass is 552 g/mol. The number of aromatic nitrogens is 1. The van der Waals surface area contributed by atoms with E-state index in [0.29, 0.717) is 28.5 Å². The van der Waals surface area contributed by atoms with E-state index in [-0.39, 0.29) is 40.5 Å². The minimum absolute atomic E-state index is 0.00518. The Morgan fingerprint density at radius 3 is 2.31 bits per heavy atom. The van der Waals surface area contributed by atoms with Gasteiger partial charge >= 0.3 is 0 Å². The average Bonchev–Trinajstić information content (AvgIpc) is 3.36. The smallest absolute Gasteiger partial charge is 0.260 e. The van der Waals surface area contributed by atoms with Gasteiger partial charge in [0.25, 0.3) is 5.56 Å². The number of hydrogen-bond acceptors (Lipinski definition) is 5. The number of rotatable bonds is 8. The van der Waals surface area contributed by atoms with Crippen LogP contribution >= 0.6 is 11.8 Å². The fourth-order valence-corrected chi connectivity index (χ4v) is 6.32. The van der Waals surface area contributed by atoms with Crippen LogP contribution < -0.4 is 20.3 Å². The van der Waals surface area contributed by atoms with Crippen LogP contribution in [-0.2, 0) is 6.42 Å². The summed E-state index contributed by atoms with van der Waals surface area (Å²) in [6.07, 6.45) is -0.0792. The van der Waals surface area contributed by atoms with E-state index in [4.69, 9.17) is 9.47 Å². The molecule has 5 rings (SSSR count).